The SMILES string of the molecule is COCCn1cc(C=O)c2c(C(=O)N(C)C)cccc21. The Morgan fingerprint density at radius 2 is 2.15 bits per heavy atom. The molecular formula is C15H18N2O3. The molecule has 1 aromatic carbocycles. The van der Waals surface area contributed by atoms with Gasteiger partial charge in [-0.3, -0.25) is 9.59 Å². The predicted octanol–water partition coefficient (Wildman–Crippen LogP) is 1.80. The largest absolute Gasteiger partial charge is 0.383 e. The van der Waals surface area contributed by atoms with E-state index in [4.69, 9.17) is 4.74 Å². The molecule has 1 amide bonds. The normalized spacial score (nSPS) is 10.8. The van der Waals surface area contributed by atoms with Gasteiger partial charge in [0.2, 0.25) is 0 Å². The summed E-state index contributed by atoms with van der Waals surface area (Å²) in [7, 11) is 5.03. The van der Waals surface area contributed by atoms with Crippen LogP contribution in [0.1, 0.15) is 20.7 Å². The molecule has 0 spiro atoms. The highest BCUT2D eigenvalue weighted by Gasteiger charge is 2.17. The molecular weight excluding hydrogens is 256 g/mol. The van der Waals surface area contributed by atoms with E-state index in [1.807, 2.05) is 16.7 Å². The Morgan fingerprint density at radius 3 is 2.75 bits per heavy atom. The van der Waals surface area contributed by atoms with E-state index in [0.29, 0.717) is 29.7 Å². The number of carbonyl (C=O) groups excluding carboxylic acids is 2. The molecule has 2 rings (SSSR count). The van der Waals surface area contributed by atoms with Crippen LogP contribution in [0.5, 0.6) is 0 Å². The molecule has 0 aliphatic heterocycles. The van der Waals surface area contributed by atoms with Gasteiger partial charge in [-0.25, -0.2) is 0 Å². The number of amides is 1. The van der Waals surface area contributed by atoms with Crippen molar-refractivity contribution in [3.8, 4) is 0 Å². The average molecular weight is 274 g/mol. The molecule has 0 bridgehead atoms. The maximum absolute atomic E-state index is 12.2. The van der Waals surface area contributed by atoms with Gasteiger partial charge in [-0.05, 0) is 12.1 Å². The van der Waals surface area contributed by atoms with E-state index in [1.165, 1.54) is 4.90 Å². The van der Waals surface area contributed by atoms with Gasteiger partial charge in [0.25, 0.3) is 5.91 Å². The Bertz CT molecular complexity index is 644. The van der Waals surface area contributed by atoms with Crippen molar-refractivity contribution in [2.24, 2.45) is 0 Å². The molecule has 0 aliphatic carbocycles. The van der Waals surface area contributed by atoms with E-state index >= 15 is 0 Å². The summed E-state index contributed by atoms with van der Waals surface area (Å²) in [5.74, 6) is -0.108. The Kier molecular flexibility index (Phi) is 4.20. The van der Waals surface area contributed by atoms with Gasteiger partial charge in [-0.2, -0.15) is 0 Å². The molecule has 20 heavy (non-hydrogen) atoms. The lowest BCUT2D eigenvalue weighted by Crippen LogP contribution is -2.22. The van der Waals surface area contributed by atoms with Crippen LogP contribution in [0.15, 0.2) is 24.4 Å². The van der Waals surface area contributed by atoms with Crippen molar-refractivity contribution < 1.29 is 14.3 Å². The maximum atomic E-state index is 12.2. The van der Waals surface area contributed by atoms with Crippen molar-refractivity contribution in [2.45, 2.75) is 6.54 Å². The second-order valence-corrected chi connectivity index (χ2v) is 4.79. The first-order valence-corrected chi connectivity index (χ1v) is 6.37. The molecule has 0 unspecified atom stereocenters. The van der Waals surface area contributed by atoms with E-state index in [2.05, 4.69) is 0 Å². The van der Waals surface area contributed by atoms with Crippen molar-refractivity contribution in [2.75, 3.05) is 27.8 Å². The van der Waals surface area contributed by atoms with Gasteiger partial charge < -0.3 is 14.2 Å². The van der Waals surface area contributed by atoms with Gasteiger partial charge in [0.15, 0.2) is 6.29 Å². The molecule has 0 radical (unpaired) electrons. The summed E-state index contributed by atoms with van der Waals surface area (Å²) in [6.07, 6.45) is 2.56. The number of nitrogens with zero attached hydrogens (tertiary/aromatic N) is 2. The van der Waals surface area contributed by atoms with Gasteiger partial charge in [0.05, 0.1) is 6.61 Å². The molecule has 0 saturated carbocycles. The summed E-state index contributed by atoms with van der Waals surface area (Å²) >= 11 is 0. The van der Waals surface area contributed by atoms with Gasteiger partial charge in [-0.1, -0.05) is 6.07 Å². The zero-order valence-corrected chi connectivity index (χ0v) is 11.9. The molecule has 1 aromatic heterocycles. The van der Waals surface area contributed by atoms with Crippen LogP contribution in [0.3, 0.4) is 0 Å². The fourth-order valence-electron chi connectivity index (χ4n) is 2.27. The maximum Gasteiger partial charge on any atom is 0.254 e. The molecule has 106 valence electrons. The van der Waals surface area contributed by atoms with Gasteiger partial charge in [0, 0.05) is 56.0 Å². The van der Waals surface area contributed by atoms with Crippen LogP contribution in [-0.2, 0) is 11.3 Å². The molecule has 0 N–H and O–H groups in total. The number of carbonyl (C=O) groups is 2. The van der Waals surface area contributed by atoms with E-state index in [9.17, 15) is 9.59 Å². The number of hydrogen-bond acceptors (Lipinski definition) is 3. The van der Waals surface area contributed by atoms with Gasteiger partial charge in [-0.15, -0.1) is 0 Å². The zero-order chi connectivity index (χ0) is 14.7. The quantitative estimate of drug-likeness (QED) is 0.781. The first-order valence-electron chi connectivity index (χ1n) is 6.37. The summed E-state index contributed by atoms with van der Waals surface area (Å²) in [5.41, 5.74) is 1.95. The Balaban J connectivity index is 2.64. The highest BCUT2D eigenvalue weighted by molar-refractivity contribution is 6.11. The van der Waals surface area contributed by atoms with E-state index in [-0.39, 0.29) is 5.91 Å². The van der Waals surface area contributed by atoms with Crippen LogP contribution >= 0.6 is 0 Å². The van der Waals surface area contributed by atoms with Crippen LogP contribution in [0.4, 0.5) is 0 Å². The second-order valence-electron chi connectivity index (χ2n) is 4.79. The van der Waals surface area contributed by atoms with Crippen LogP contribution in [0, 0.1) is 0 Å². The van der Waals surface area contributed by atoms with E-state index in [0.717, 1.165) is 11.8 Å². The van der Waals surface area contributed by atoms with Crippen LogP contribution < -0.4 is 0 Å². The van der Waals surface area contributed by atoms with Crippen LogP contribution in [-0.4, -0.2) is 49.5 Å². The van der Waals surface area contributed by atoms with Crippen molar-refractivity contribution >= 4 is 23.1 Å². The highest BCUT2D eigenvalue weighted by atomic mass is 16.5. The Labute approximate surface area is 117 Å². The fourth-order valence-corrected chi connectivity index (χ4v) is 2.27. The van der Waals surface area contributed by atoms with Crippen LogP contribution in [0.2, 0.25) is 0 Å². The lowest BCUT2D eigenvalue weighted by molar-refractivity contribution is 0.0829. The number of fused-ring (bicyclic) bond motifs is 1. The molecule has 5 heteroatoms. The number of benzene rings is 1. The summed E-state index contributed by atoms with van der Waals surface area (Å²) in [5, 5.41) is 0.706. The molecule has 0 saturated heterocycles. The lowest BCUT2D eigenvalue weighted by atomic mass is 10.1. The van der Waals surface area contributed by atoms with Crippen molar-refractivity contribution in [1.29, 1.82) is 0 Å². The van der Waals surface area contributed by atoms with E-state index in [1.54, 1.807) is 33.5 Å². The number of hydrogen-bond donors (Lipinski definition) is 0. The molecule has 1 heterocycles. The summed E-state index contributed by atoms with van der Waals surface area (Å²) in [6, 6.07) is 5.49. The third-order valence-corrected chi connectivity index (χ3v) is 3.24. The minimum atomic E-state index is -0.108. The minimum absolute atomic E-state index is 0.108. The fraction of sp³-hybridized carbons (Fsp3) is 0.333. The number of methoxy groups -OCH3 is 1. The van der Waals surface area contributed by atoms with Gasteiger partial charge >= 0.3 is 0 Å². The number of aldehydes is 1. The summed E-state index contributed by atoms with van der Waals surface area (Å²) in [4.78, 5) is 25.0. The smallest absolute Gasteiger partial charge is 0.254 e. The first-order chi connectivity index (χ1) is 9.60. The minimum Gasteiger partial charge on any atom is -0.383 e. The molecule has 0 fully saturated rings. The topological polar surface area (TPSA) is 51.5 Å². The zero-order valence-electron chi connectivity index (χ0n) is 11.9. The standard InChI is InChI=1S/C15H18N2O3/c1-16(2)15(19)12-5-4-6-13-14(12)11(10-18)9-17(13)7-8-20-3/h4-6,9-10H,7-8H2,1-3H3. The first kappa shape index (κ1) is 14.3. The van der Waals surface area contributed by atoms with Crippen molar-refractivity contribution in [3.63, 3.8) is 0 Å². The molecule has 2 aromatic rings. The van der Waals surface area contributed by atoms with E-state index < -0.39 is 0 Å². The number of rotatable bonds is 5. The second kappa shape index (κ2) is 5.88. The average Bonchev–Trinajstić information content (AvgIpc) is 2.82. The molecule has 5 nitrogen and oxygen atoms in total. The number of aromatic nitrogens is 1. The predicted molar refractivity (Wildman–Crippen MR) is 77.2 cm³/mol. The van der Waals surface area contributed by atoms with Crippen LogP contribution in [0.25, 0.3) is 10.9 Å². The highest BCUT2D eigenvalue weighted by Crippen LogP contribution is 2.25. The molecule has 0 aliphatic rings. The number of ether oxygens (including phenoxy) is 1. The monoisotopic (exact) mass is 274 g/mol. The van der Waals surface area contributed by atoms with Crippen molar-refractivity contribution in [1.82, 2.24) is 9.47 Å². The Hall–Kier alpha value is -2.14. The molecule has 0 atom stereocenters. The Morgan fingerprint density at radius 1 is 1.40 bits per heavy atom. The summed E-state index contributed by atoms with van der Waals surface area (Å²) in [6.45, 7) is 1.19. The third kappa shape index (κ3) is 2.44. The van der Waals surface area contributed by atoms with Crippen molar-refractivity contribution in [3.05, 3.63) is 35.5 Å². The third-order valence-electron chi connectivity index (χ3n) is 3.24. The lowest BCUT2D eigenvalue weighted by Gasteiger charge is -2.12. The van der Waals surface area contributed by atoms with Gasteiger partial charge in [0.1, 0.15) is 0 Å². The summed E-state index contributed by atoms with van der Waals surface area (Å²) < 4.78 is 7.01.